The van der Waals surface area contributed by atoms with Gasteiger partial charge in [0, 0.05) is 17.6 Å². The van der Waals surface area contributed by atoms with Crippen LogP contribution in [-0.2, 0) is 21.5 Å². The van der Waals surface area contributed by atoms with Gasteiger partial charge in [0.1, 0.15) is 0 Å². The molecule has 154 valence electrons. The standard InChI is InChI=1S/C24H30N2O3/c1-23(2)16-25-14-13-24(23,3)20-7-5-6-8-21(20)26(17-27)15-18-9-11-19(12-10-18)22(28)29-4/h5-12,17,25H,13-16H2,1-4H3. The van der Waals surface area contributed by atoms with Crippen molar-refractivity contribution in [3.8, 4) is 0 Å². The van der Waals surface area contributed by atoms with Gasteiger partial charge in [-0.1, -0.05) is 51.1 Å². The summed E-state index contributed by atoms with van der Waals surface area (Å²) in [5.74, 6) is -0.366. The van der Waals surface area contributed by atoms with E-state index < -0.39 is 0 Å². The molecule has 1 N–H and O–H groups in total. The number of nitrogens with zero attached hydrogens (tertiary/aromatic N) is 1. The topological polar surface area (TPSA) is 58.6 Å². The summed E-state index contributed by atoms with van der Waals surface area (Å²) in [4.78, 5) is 25.5. The number of methoxy groups -OCH3 is 1. The van der Waals surface area contributed by atoms with Crippen LogP contribution in [0.4, 0.5) is 5.69 Å². The van der Waals surface area contributed by atoms with E-state index >= 15 is 0 Å². The van der Waals surface area contributed by atoms with Gasteiger partial charge >= 0.3 is 5.97 Å². The normalized spacial score (nSPS) is 20.7. The largest absolute Gasteiger partial charge is 0.465 e. The Morgan fingerprint density at radius 3 is 2.45 bits per heavy atom. The highest BCUT2D eigenvalue weighted by Gasteiger charge is 2.45. The molecule has 1 saturated heterocycles. The van der Waals surface area contributed by atoms with Crippen LogP contribution in [0.2, 0.25) is 0 Å². The van der Waals surface area contributed by atoms with Crippen LogP contribution in [0.1, 0.15) is 48.7 Å². The van der Waals surface area contributed by atoms with Crippen molar-refractivity contribution in [2.75, 3.05) is 25.1 Å². The number of amides is 1. The smallest absolute Gasteiger partial charge is 0.337 e. The van der Waals surface area contributed by atoms with Crippen LogP contribution in [0.15, 0.2) is 48.5 Å². The maximum absolute atomic E-state index is 12.1. The number of esters is 1. The van der Waals surface area contributed by atoms with E-state index in [1.807, 2.05) is 24.3 Å². The van der Waals surface area contributed by atoms with Gasteiger partial charge in [0.2, 0.25) is 6.41 Å². The molecule has 2 aromatic rings. The lowest BCUT2D eigenvalue weighted by Gasteiger charge is -2.50. The number of benzene rings is 2. The predicted molar refractivity (Wildman–Crippen MR) is 115 cm³/mol. The van der Waals surface area contributed by atoms with E-state index in [-0.39, 0.29) is 16.8 Å². The summed E-state index contributed by atoms with van der Waals surface area (Å²) in [6.45, 7) is 9.22. The highest BCUT2D eigenvalue weighted by Crippen LogP contribution is 2.48. The number of hydrogen-bond donors (Lipinski definition) is 1. The second-order valence-electron chi connectivity index (χ2n) is 8.58. The van der Waals surface area contributed by atoms with Gasteiger partial charge in [-0.25, -0.2) is 4.79 Å². The third kappa shape index (κ3) is 4.06. The highest BCUT2D eigenvalue weighted by atomic mass is 16.5. The molecule has 0 saturated carbocycles. The lowest BCUT2D eigenvalue weighted by Crippen LogP contribution is -2.52. The Balaban J connectivity index is 1.93. The quantitative estimate of drug-likeness (QED) is 0.596. The molecule has 29 heavy (non-hydrogen) atoms. The molecule has 1 atom stereocenters. The van der Waals surface area contributed by atoms with Crippen molar-refractivity contribution in [3.63, 3.8) is 0 Å². The van der Waals surface area contributed by atoms with Gasteiger partial charge < -0.3 is 15.0 Å². The number of rotatable bonds is 6. The van der Waals surface area contributed by atoms with E-state index in [2.05, 4.69) is 38.2 Å². The predicted octanol–water partition coefficient (Wildman–Crippen LogP) is 3.91. The van der Waals surface area contributed by atoms with Crippen LogP contribution in [-0.4, -0.2) is 32.6 Å². The molecule has 1 amide bonds. The first-order chi connectivity index (χ1) is 13.8. The van der Waals surface area contributed by atoms with Crippen molar-refractivity contribution in [2.24, 2.45) is 5.41 Å². The minimum Gasteiger partial charge on any atom is -0.465 e. The van der Waals surface area contributed by atoms with Crippen molar-refractivity contribution in [1.82, 2.24) is 5.32 Å². The van der Waals surface area contributed by atoms with E-state index in [1.54, 1.807) is 17.0 Å². The molecule has 1 heterocycles. The fourth-order valence-electron chi connectivity index (χ4n) is 4.20. The van der Waals surface area contributed by atoms with Crippen molar-refractivity contribution >= 4 is 18.1 Å². The van der Waals surface area contributed by atoms with Crippen molar-refractivity contribution in [3.05, 3.63) is 65.2 Å². The second-order valence-corrected chi connectivity index (χ2v) is 8.58. The van der Waals surface area contributed by atoms with Gasteiger partial charge in [0.25, 0.3) is 0 Å². The lowest BCUT2D eigenvalue weighted by atomic mass is 9.59. The first-order valence-corrected chi connectivity index (χ1v) is 10.0. The number of carbonyl (C=O) groups excluding carboxylic acids is 2. The summed E-state index contributed by atoms with van der Waals surface area (Å²) in [5, 5.41) is 3.50. The number of anilines is 1. The molecule has 3 rings (SSSR count). The molecule has 2 aromatic carbocycles. The Morgan fingerprint density at radius 1 is 1.14 bits per heavy atom. The highest BCUT2D eigenvalue weighted by molar-refractivity contribution is 5.89. The van der Waals surface area contributed by atoms with Gasteiger partial charge in [0.15, 0.2) is 0 Å². The first kappa shape index (κ1) is 21.1. The van der Waals surface area contributed by atoms with E-state index in [1.165, 1.54) is 12.7 Å². The Labute approximate surface area is 173 Å². The number of hydrogen-bond acceptors (Lipinski definition) is 4. The number of para-hydroxylation sites is 1. The minimum absolute atomic E-state index is 0.0507. The number of nitrogens with one attached hydrogen (secondary N) is 1. The van der Waals surface area contributed by atoms with Gasteiger partial charge in [-0.15, -0.1) is 0 Å². The maximum Gasteiger partial charge on any atom is 0.337 e. The third-order valence-corrected chi connectivity index (χ3v) is 6.53. The fourth-order valence-corrected chi connectivity index (χ4v) is 4.20. The van der Waals surface area contributed by atoms with E-state index in [0.717, 1.165) is 37.2 Å². The molecule has 0 bridgehead atoms. The fraction of sp³-hybridized carbons (Fsp3) is 0.417. The van der Waals surface area contributed by atoms with Crippen LogP contribution in [0.25, 0.3) is 0 Å². The van der Waals surface area contributed by atoms with Gasteiger partial charge in [-0.05, 0) is 47.7 Å². The van der Waals surface area contributed by atoms with E-state index in [4.69, 9.17) is 4.74 Å². The van der Waals surface area contributed by atoms with Crippen molar-refractivity contribution < 1.29 is 14.3 Å². The second kappa shape index (κ2) is 8.37. The van der Waals surface area contributed by atoms with Crippen molar-refractivity contribution in [1.29, 1.82) is 0 Å². The summed E-state index contributed by atoms with van der Waals surface area (Å²) in [5.41, 5.74) is 3.59. The van der Waals surface area contributed by atoms with Crippen LogP contribution in [0.3, 0.4) is 0 Å². The zero-order valence-electron chi connectivity index (χ0n) is 17.7. The Morgan fingerprint density at radius 2 is 1.83 bits per heavy atom. The van der Waals surface area contributed by atoms with Gasteiger partial charge in [-0.2, -0.15) is 0 Å². The molecule has 5 heteroatoms. The Hall–Kier alpha value is -2.66. The molecule has 0 radical (unpaired) electrons. The third-order valence-electron chi connectivity index (χ3n) is 6.53. The summed E-state index contributed by atoms with van der Waals surface area (Å²) < 4.78 is 4.75. The number of ether oxygens (including phenoxy) is 1. The van der Waals surface area contributed by atoms with Crippen LogP contribution >= 0.6 is 0 Å². The maximum atomic E-state index is 12.1. The molecule has 0 aromatic heterocycles. The van der Waals surface area contributed by atoms with Gasteiger partial charge in [-0.3, -0.25) is 4.79 Å². The molecule has 1 aliphatic heterocycles. The molecule has 5 nitrogen and oxygen atoms in total. The Kier molecular flexibility index (Phi) is 6.08. The first-order valence-electron chi connectivity index (χ1n) is 10.0. The number of piperidine rings is 1. The van der Waals surface area contributed by atoms with Crippen LogP contribution in [0, 0.1) is 5.41 Å². The summed E-state index contributed by atoms with van der Waals surface area (Å²) in [6.07, 6.45) is 1.90. The zero-order chi connectivity index (χ0) is 21.1. The molecule has 0 aliphatic carbocycles. The molecule has 1 fully saturated rings. The van der Waals surface area contributed by atoms with E-state index in [0.29, 0.717) is 12.1 Å². The summed E-state index contributed by atoms with van der Waals surface area (Å²) >= 11 is 0. The monoisotopic (exact) mass is 394 g/mol. The van der Waals surface area contributed by atoms with E-state index in [9.17, 15) is 9.59 Å². The average molecular weight is 395 g/mol. The molecule has 0 spiro atoms. The van der Waals surface area contributed by atoms with Crippen LogP contribution in [0.5, 0.6) is 0 Å². The van der Waals surface area contributed by atoms with Gasteiger partial charge in [0.05, 0.1) is 19.2 Å². The SMILES string of the molecule is COC(=O)c1ccc(CN(C=O)c2ccccc2C2(C)CCNCC2(C)C)cc1. The lowest BCUT2D eigenvalue weighted by molar-refractivity contribution is -0.107. The average Bonchev–Trinajstić information content (AvgIpc) is 2.74. The molecular weight excluding hydrogens is 364 g/mol. The Bertz CT molecular complexity index is 876. The number of carbonyl (C=O) groups is 2. The summed E-state index contributed by atoms with van der Waals surface area (Å²) in [7, 11) is 1.37. The molecular formula is C24H30N2O3. The zero-order valence-corrected chi connectivity index (χ0v) is 17.7. The van der Waals surface area contributed by atoms with Crippen LogP contribution < -0.4 is 10.2 Å². The molecule has 1 unspecified atom stereocenters. The van der Waals surface area contributed by atoms with Crippen molar-refractivity contribution in [2.45, 2.75) is 39.2 Å². The summed E-state index contributed by atoms with van der Waals surface area (Å²) in [6, 6.07) is 15.4. The molecule has 1 aliphatic rings. The minimum atomic E-state index is -0.366.